The fraction of sp³-hybridized carbons (Fsp3) is 0.182. The maximum absolute atomic E-state index is 12.7. The van der Waals surface area contributed by atoms with Crippen LogP contribution in [0.2, 0.25) is 0 Å². The Morgan fingerprint density at radius 1 is 1.22 bits per heavy atom. The van der Waals surface area contributed by atoms with Crippen LogP contribution in [0.4, 0.5) is 5.69 Å². The van der Waals surface area contributed by atoms with Gasteiger partial charge >= 0.3 is 0 Å². The first-order chi connectivity index (χ1) is 13.0. The summed E-state index contributed by atoms with van der Waals surface area (Å²) in [7, 11) is 0. The van der Waals surface area contributed by atoms with Gasteiger partial charge in [0.2, 0.25) is 0 Å². The number of hydrogen-bond acceptors (Lipinski definition) is 4. The zero-order valence-corrected chi connectivity index (χ0v) is 16.5. The molecule has 1 heterocycles. The predicted octanol–water partition coefficient (Wildman–Crippen LogP) is 5.27. The first kappa shape index (κ1) is 19.0. The van der Waals surface area contributed by atoms with Crippen molar-refractivity contribution in [2.75, 3.05) is 6.54 Å². The van der Waals surface area contributed by atoms with Gasteiger partial charge < -0.3 is 5.11 Å². The summed E-state index contributed by atoms with van der Waals surface area (Å²) in [5.41, 5.74) is 3.51. The standard InChI is InChI=1S/C22H22N2O2S/c1-4-24-21(26)20(14-16(3)12-17-8-6-5-7-9-17)27-22(24)23-18-11-10-15(2)13-19(18)25/h5-14,25H,4H2,1-3H3/b16-12+,20-14-,23-22?. The number of nitrogens with zero attached hydrogens (tertiary/aromatic N) is 2. The third kappa shape index (κ3) is 4.49. The molecule has 1 fully saturated rings. The Morgan fingerprint density at radius 2 is 1.96 bits per heavy atom. The zero-order chi connectivity index (χ0) is 19.4. The lowest BCUT2D eigenvalue weighted by atomic mass is 10.1. The van der Waals surface area contributed by atoms with E-state index in [9.17, 15) is 9.90 Å². The highest BCUT2D eigenvalue weighted by atomic mass is 32.2. The molecule has 0 saturated carbocycles. The summed E-state index contributed by atoms with van der Waals surface area (Å²) >= 11 is 1.33. The highest BCUT2D eigenvalue weighted by Crippen LogP contribution is 2.36. The number of phenolic OH excluding ortho intramolecular Hbond substituents is 1. The van der Waals surface area contributed by atoms with Gasteiger partial charge in [-0.25, -0.2) is 4.99 Å². The van der Waals surface area contributed by atoms with Crippen molar-refractivity contribution in [1.29, 1.82) is 0 Å². The van der Waals surface area contributed by atoms with E-state index in [0.29, 0.717) is 22.3 Å². The van der Waals surface area contributed by atoms with Crippen molar-refractivity contribution in [2.24, 2.45) is 4.99 Å². The third-order valence-corrected chi connectivity index (χ3v) is 5.11. The fourth-order valence-electron chi connectivity index (χ4n) is 2.76. The zero-order valence-electron chi connectivity index (χ0n) is 15.6. The van der Waals surface area contributed by atoms with Crippen LogP contribution in [0, 0.1) is 6.92 Å². The molecule has 0 bridgehead atoms. The maximum atomic E-state index is 12.7. The number of amides is 1. The minimum absolute atomic E-state index is 0.0614. The smallest absolute Gasteiger partial charge is 0.266 e. The van der Waals surface area contributed by atoms with Gasteiger partial charge in [-0.05, 0) is 67.4 Å². The molecular formula is C22H22N2O2S. The molecule has 1 amide bonds. The minimum Gasteiger partial charge on any atom is -0.506 e. The van der Waals surface area contributed by atoms with Crippen LogP contribution in [0.15, 0.2) is 70.1 Å². The van der Waals surface area contributed by atoms with Crippen LogP contribution in [0.1, 0.15) is 25.0 Å². The van der Waals surface area contributed by atoms with Crippen LogP contribution in [0.25, 0.3) is 6.08 Å². The summed E-state index contributed by atoms with van der Waals surface area (Å²) in [5.74, 6) is 0.0536. The number of allylic oxidation sites excluding steroid dienone is 2. The molecule has 0 spiro atoms. The van der Waals surface area contributed by atoms with Crippen LogP contribution in [-0.4, -0.2) is 27.6 Å². The molecule has 0 aliphatic carbocycles. The lowest BCUT2D eigenvalue weighted by Crippen LogP contribution is -2.28. The lowest BCUT2D eigenvalue weighted by molar-refractivity contribution is -0.122. The number of carbonyl (C=O) groups excluding carboxylic acids is 1. The highest BCUT2D eigenvalue weighted by Gasteiger charge is 2.32. The van der Waals surface area contributed by atoms with Crippen molar-refractivity contribution < 1.29 is 9.90 Å². The number of aromatic hydroxyl groups is 1. The van der Waals surface area contributed by atoms with Gasteiger partial charge in [0, 0.05) is 6.54 Å². The highest BCUT2D eigenvalue weighted by molar-refractivity contribution is 8.18. The van der Waals surface area contributed by atoms with E-state index in [2.05, 4.69) is 4.99 Å². The van der Waals surface area contributed by atoms with E-state index in [1.165, 1.54) is 11.8 Å². The SMILES string of the molecule is CCN1C(=O)/C(=C/C(C)=C/c2ccccc2)SC1=Nc1ccc(C)cc1O. The van der Waals surface area contributed by atoms with Gasteiger partial charge in [-0.2, -0.15) is 0 Å². The largest absolute Gasteiger partial charge is 0.506 e. The number of phenols is 1. The first-order valence-electron chi connectivity index (χ1n) is 8.81. The Kier molecular flexibility index (Phi) is 5.81. The molecule has 2 aromatic carbocycles. The molecule has 27 heavy (non-hydrogen) atoms. The van der Waals surface area contributed by atoms with E-state index in [4.69, 9.17) is 0 Å². The number of likely N-dealkylation sites (N-methyl/N-ethyl adjacent to an activating group) is 1. The van der Waals surface area contributed by atoms with Crippen LogP contribution >= 0.6 is 11.8 Å². The number of carbonyl (C=O) groups is 1. The number of benzene rings is 2. The molecule has 1 aliphatic heterocycles. The second-order valence-electron chi connectivity index (χ2n) is 6.35. The Balaban J connectivity index is 1.90. The molecule has 0 aromatic heterocycles. The van der Waals surface area contributed by atoms with Crippen LogP contribution in [-0.2, 0) is 4.79 Å². The number of hydrogen-bond donors (Lipinski definition) is 1. The van der Waals surface area contributed by atoms with Gasteiger partial charge in [-0.15, -0.1) is 0 Å². The molecule has 1 N–H and O–H groups in total. The summed E-state index contributed by atoms with van der Waals surface area (Å²) in [6.07, 6.45) is 3.93. The van der Waals surface area contributed by atoms with E-state index < -0.39 is 0 Å². The van der Waals surface area contributed by atoms with E-state index in [-0.39, 0.29) is 11.7 Å². The fourth-order valence-corrected chi connectivity index (χ4v) is 3.87. The quantitative estimate of drug-likeness (QED) is 0.737. The Morgan fingerprint density at radius 3 is 2.63 bits per heavy atom. The predicted molar refractivity (Wildman–Crippen MR) is 113 cm³/mol. The van der Waals surface area contributed by atoms with Gasteiger partial charge in [0.25, 0.3) is 5.91 Å². The third-order valence-electron chi connectivity index (χ3n) is 4.10. The number of rotatable bonds is 4. The summed E-state index contributed by atoms with van der Waals surface area (Å²) in [5, 5.41) is 10.7. The summed E-state index contributed by atoms with van der Waals surface area (Å²) in [4.78, 5) is 19.5. The number of amidine groups is 1. The van der Waals surface area contributed by atoms with Crippen LogP contribution in [0.3, 0.4) is 0 Å². The van der Waals surface area contributed by atoms with Crippen molar-refractivity contribution in [2.45, 2.75) is 20.8 Å². The molecule has 2 aromatic rings. The van der Waals surface area contributed by atoms with Crippen LogP contribution < -0.4 is 0 Å². The molecular weight excluding hydrogens is 356 g/mol. The van der Waals surface area contributed by atoms with Gasteiger partial charge in [0.1, 0.15) is 11.4 Å². The molecule has 5 heteroatoms. The molecule has 0 radical (unpaired) electrons. The van der Waals surface area contributed by atoms with Crippen molar-refractivity contribution in [3.8, 4) is 5.75 Å². The van der Waals surface area contributed by atoms with Crippen molar-refractivity contribution in [3.63, 3.8) is 0 Å². The lowest BCUT2D eigenvalue weighted by Gasteiger charge is -2.12. The number of aliphatic imine (C=N–C) groups is 1. The van der Waals surface area contributed by atoms with E-state index in [1.807, 2.05) is 69.3 Å². The first-order valence-corrected chi connectivity index (χ1v) is 9.62. The van der Waals surface area contributed by atoms with E-state index in [0.717, 1.165) is 16.7 Å². The van der Waals surface area contributed by atoms with E-state index >= 15 is 0 Å². The van der Waals surface area contributed by atoms with Gasteiger partial charge in [-0.1, -0.05) is 42.5 Å². The number of aryl methyl sites for hydroxylation is 1. The van der Waals surface area contributed by atoms with Gasteiger partial charge in [0.05, 0.1) is 4.91 Å². The van der Waals surface area contributed by atoms with E-state index in [1.54, 1.807) is 17.0 Å². The molecule has 1 aliphatic rings. The van der Waals surface area contributed by atoms with Crippen molar-refractivity contribution in [3.05, 3.63) is 76.2 Å². The average Bonchev–Trinajstić information content (AvgIpc) is 2.92. The number of thioether (sulfide) groups is 1. The molecule has 0 atom stereocenters. The molecule has 0 unspecified atom stereocenters. The molecule has 1 saturated heterocycles. The second kappa shape index (κ2) is 8.27. The molecule has 138 valence electrons. The summed E-state index contributed by atoms with van der Waals surface area (Å²) < 4.78 is 0. The minimum atomic E-state index is -0.0614. The summed E-state index contributed by atoms with van der Waals surface area (Å²) in [6, 6.07) is 15.3. The Hall–Kier alpha value is -2.79. The summed E-state index contributed by atoms with van der Waals surface area (Å²) in [6.45, 7) is 6.32. The normalized spacial score (nSPS) is 18.0. The second-order valence-corrected chi connectivity index (χ2v) is 7.35. The average molecular weight is 378 g/mol. The monoisotopic (exact) mass is 378 g/mol. The van der Waals surface area contributed by atoms with Gasteiger partial charge in [-0.3, -0.25) is 9.69 Å². The van der Waals surface area contributed by atoms with Crippen molar-refractivity contribution >= 4 is 34.6 Å². The topological polar surface area (TPSA) is 52.9 Å². The van der Waals surface area contributed by atoms with Crippen molar-refractivity contribution in [1.82, 2.24) is 4.90 Å². The molecule has 3 rings (SSSR count). The van der Waals surface area contributed by atoms with Crippen LogP contribution in [0.5, 0.6) is 5.75 Å². The Labute approximate surface area is 163 Å². The maximum Gasteiger partial charge on any atom is 0.266 e. The Bertz CT molecular complexity index is 946. The molecule has 4 nitrogen and oxygen atoms in total. The van der Waals surface area contributed by atoms with Gasteiger partial charge in [0.15, 0.2) is 5.17 Å².